The van der Waals surface area contributed by atoms with Gasteiger partial charge in [-0.25, -0.2) is 9.78 Å². The number of anilines is 1. The molecule has 2 N–H and O–H groups in total. The van der Waals surface area contributed by atoms with Crippen LogP contribution in [0.5, 0.6) is 0 Å². The van der Waals surface area contributed by atoms with Crippen LogP contribution < -0.4 is 4.90 Å². The number of hydrogen-bond donors (Lipinski definition) is 2. The molecule has 1 aromatic heterocycles. The number of piperidine rings is 1. The van der Waals surface area contributed by atoms with Gasteiger partial charge >= 0.3 is 11.9 Å². The summed E-state index contributed by atoms with van der Waals surface area (Å²) in [5.74, 6) is -1.02. The molecule has 1 aromatic carbocycles. The Labute approximate surface area is 157 Å². The standard InChI is InChI=1S/C20H23N3O4/c1-22-12-20(11-16(22)19(26)27)6-8-23(9-7-20)17-10-14(18(24)25)13-4-2-3-5-15(13)21-17/h2-5,10,16H,6-9,11-12H2,1H3,(H,24,25)(H,26,27)/t16-/m1/s1. The minimum absolute atomic E-state index is 0.0286. The molecule has 1 spiro atoms. The van der Waals surface area contributed by atoms with E-state index in [0.29, 0.717) is 23.1 Å². The van der Waals surface area contributed by atoms with E-state index in [9.17, 15) is 19.8 Å². The number of carboxylic acid groups (broad SMARTS) is 2. The molecule has 0 radical (unpaired) electrons. The molecule has 2 aliphatic rings. The average molecular weight is 369 g/mol. The highest BCUT2D eigenvalue weighted by Gasteiger charge is 2.46. The minimum atomic E-state index is -0.954. The molecular formula is C20H23N3O4. The highest BCUT2D eigenvalue weighted by atomic mass is 16.4. The number of rotatable bonds is 3. The Morgan fingerprint density at radius 3 is 2.52 bits per heavy atom. The summed E-state index contributed by atoms with van der Waals surface area (Å²) in [6, 6.07) is 8.53. The van der Waals surface area contributed by atoms with Crippen molar-refractivity contribution >= 4 is 28.7 Å². The van der Waals surface area contributed by atoms with Crippen molar-refractivity contribution in [1.82, 2.24) is 9.88 Å². The van der Waals surface area contributed by atoms with E-state index in [2.05, 4.69) is 9.88 Å². The number of para-hydroxylation sites is 1. The molecule has 2 fully saturated rings. The largest absolute Gasteiger partial charge is 0.480 e. The Bertz CT molecular complexity index is 905. The lowest BCUT2D eigenvalue weighted by Gasteiger charge is -2.40. The van der Waals surface area contributed by atoms with Gasteiger partial charge in [0.2, 0.25) is 0 Å². The Morgan fingerprint density at radius 2 is 1.89 bits per heavy atom. The van der Waals surface area contributed by atoms with Gasteiger partial charge in [0.15, 0.2) is 0 Å². The maximum atomic E-state index is 11.7. The Morgan fingerprint density at radius 1 is 1.19 bits per heavy atom. The van der Waals surface area contributed by atoms with Crippen LogP contribution in [0.1, 0.15) is 29.6 Å². The van der Waals surface area contributed by atoms with Gasteiger partial charge in [-0.3, -0.25) is 9.69 Å². The molecule has 4 rings (SSSR count). The SMILES string of the molecule is CN1CC2(CCN(c3cc(C(=O)O)c4ccccc4n3)CC2)C[C@@H]1C(=O)O. The number of carboxylic acids is 2. The first-order chi connectivity index (χ1) is 12.9. The van der Waals surface area contributed by atoms with Crippen LogP contribution in [0.4, 0.5) is 5.82 Å². The van der Waals surface area contributed by atoms with E-state index in [4.69, 9.17) is 0 Å². The number of pyridine rings is 1. The van der Waals surface area contributed by atoms with Crippen molar-refractivity contribution < 1.29 is 19.8 Å². The first kappa shape index (κ1) is 17.7. The number of aromatic carboxylic acids is 1. The number of aliphatic carboxylic acids is 1. The van der Waals surface area contributed by atoms with Crippen molar-refractivity contribution in [1.29, 1.82) is 0 Å². The van der Waals surface area contributed by atoms with E-state index >= 15 is 0 Å². The van der Waals surface area contributed by atoms with E-state index < -0.39 is 18.0 Å². The van der Waals surface area contributed by atoms with Gasteiger partial charge in [0.1, 0.15) is 11.9 Å². The topological polar surface area (TPSA) is 94.0 Å². The van der Waals surface area contributed by atoms with Crippen LogP contribution in [0, 0.1) is 5.41 Å². The average Bonchev–Trinajstić information content (AvgIpc) is 2.97. The fourth-order valence-corrected chi connectivity index (χ4v) is 4.62. The summed E-state index contributed by atoms with van der Waals surface area (Å²) in [6.07, 6.45) is 2.45. The van der Waals surface area contributed by atoms with Crippen molar-refractivity contribution in [2.75, 3.05) is 31.6 Å². The highest BCUT2D eigenvalue weighted by Crippen LogP contribution is 2.43. The molecule has 0 saturated carbocycles. The van der Waals surface area contributed by atoms with Crippen molar-refractivity contribution in [3.63, 3.8) is 0 Å². The van der Waals surface area contributed by atoms with Gasteiger partial charge in [0, 0.05) is 25.0 Å². The van der Waals surface area contributed by atoms with Crippen LogP contribution in [0.3, 0.4) is 0 Å². The summed E-state index contributed by atoms with van der Waals surface area (Å²) >= 11 is 0. The second-order valence-electron chi connectivity index (χ2n) is 7.81. The van der Waals surface area contributed by atoms with Gasteiger partial charge in [-0.15, -0.1) is 0 Å². The maximum absolute atomic E-state index is 11.7. The van der Waals surface area contributed by atoms with E-state index in [1.54, 1.807) is 12.1 Å². The second kappa shape index (κ2) is 6.49. The first-order valence-electron chi connectivity index (χ1n) is 9.20. The predicted octanol–water partition coefficient (Wildman–Crippen LogP) is 2.31. The zero-order chi connectivity index (χ0) is 19.2. The van der Waals surface area contributed by atoms with Crippen LogP contribution in [0.15, 0.2) is 30.3 Å². The quantitative estimate of drug-likeness (QED) is 0.857. The third-order valence-electron chi connectivity index (χ3n) is 6.11. The fraction of sp³-hybridized carbons (Fsp3) is 0.450. The zero-order valence-corrected chi connectivity index (χ0v) is 15.3. The van der Waals surface area contributed by atoms with Crippen LogP contribution in [0.25, 0.3) is 10.9 Å². The Kier molecular flexibility index (Phi) is 4.26. The molecule has 27 heavy (non-hydrogen) atoms. The lowest BCUT2D eigenvalue weighted by Crippen LogP contribution is -2.41. The van der Waals surface area contributed by atoms with Gasteiger partial charge in [0.05, 0.1) is 11.1 Å². The highest BCUT2D eigenvalue weighted by molar-refractivity contribution is 6.03. The Hall–Kier alpha value is -2.67. The number of likely N-dealkylation sites (tertiary alicyclic amines) is 1. The number of carbonyl (C=O) groups is 2. The number of nitrogens with zero attached hydrogens (tertiary/aromatic N) is 3. The molecule has 2 aliphatic heterocycles. The van der Waals surface area contributed by atoms with Crippen molar-refractivity contribution in [3.05, 3.63) is 35.9 Å². The molecule has 0 bridgehead atoms. The molecule has 3 heterocycles. The molecule has 1 atom stereocenters. The summed E-state index contributed by atoms with van der Waals surface area (Å²) in [5, 5.41) is 19.6. The Balaban J connectivity index is 1.57. The smallest absolute Gasteiger partial charge is 0.336 e. The van der Waals surface area contributed by atoms with Gasteiger partial charge in [-0.2, -0.15) is 0 Å². The summed E-state index contributed by atoms with van der Waals surface area (Å²) in [7, 11) is 1.88. The molecule has 0 amide bonds. The monoisotopic (exact) mass is 369 g/mol. The predicted molar refractivity (Wildman–Crippen MR) is 101 cm³/mol. The summed E-state index contributed by atoms with van der Waals surface area (Å²) < 4.78 is 0. The van der Waals surface area contributed by atoms with Crippen molar-refractivity contribution in [2.45, 2.75) is 25.3 Å². The van der Waals surface area contributed by atoms with Gasteiger partial charge < -0.3 is 15.1 Å². The zero-order valence-electron chi connectivity index (χ0n) is 15.3. The summed E-state index contributed by atoms with van der Waals surface area (Å²) in [4.78, 5) is 31.9. The number of benzene rings is 1. The third kappa shape index (κ3) is 3.12. The van der Waals surface area contributed by atoms with Gasteiger partial charge in [-0.05, 0) is 43.9 Å². The molecule has 142 valence electrons. The second-order valence-corrected chi connectivity index (χ2v) is 7.81. The van der Waals surface area contributed by atoms with Crippen molar-refractivity contribution in [2.24, 2.45) is 5.41 Å². The van der Waals surface area contributed by atoms with Crippen LogP contribution in [0.2, 0.25) is 0 Å². The van der Waals surface area contributed by atoms with Crippen LogP contribution in [-0.4, -0.2) is 64.8 Å². The molecule has 7 heteroatoms. The van der Waals surface area contributed by atoms with E-state index in [-0.39, 0.29) is 11.0 Å². The summed E-state index contributed by atoms with van der Waals surface area (Å²) in [6.45, 7) is 2.30. The first-order valence-corrected chi connectivity index (χ1v) is 9.20. The summed E-state index contributed by atoms with van der Waals surface area (Å²) in [5.41, 5.74) is 0.975. The minimum Gasteiger partial charge on any atom is -0.480 e. The number of fused-ring (bicyclic) bond motifs is 1. The third-order valence-corrected chi connectivity index (χ3v) is 6.11. The number of aromatic nitrogens is 1. The van der Waals surface area contributed by atoms with E-state index in [0.717, 1.165) is 32.5 Å². The molecular weight excluding hydrogens is 346 g/mol. The van der Waals surface area contributed by atoms with E-state index in [1.165, 1.54) is 0 Å². The van der Waals surface area contributed by atoms with Crippen molar-refractivity contribution in [3.8, 4) is 0 Å². The van der Waals surface area contributed by atoms with Crippen LogP contribution in [-0.2, 0) is 4.79 Å². The molecule has 0 aliphatic carbocycles. The normalized spacial score (nSPS) is 22.4. The van der Waals surface area contributed by atoms with E-state index in [1.807, 2.05) is 30.1 Å². The molecule has 2 aromatic rings. The molecule has 7 nitrogen and oxygen atoms in total. The number of likely N-dealkylation sites (N-methyl/N-ethyl adjacent to an activating group) is 1. The molecule has 0 unspecified atom stereocenters. The van der Waals surface area contributed by atoms with Gasteiger partial charge in [-0.1, -0.05) is 18.2 Å². The fourth-order valence-electron chi connectivity index (χ4n) is 4.62. The lowest BCUT2D eigenvalue weighted by molar-refractivity contribution is -0.141. The van der Waals surface area contributed by atoms with Crippen LogP contribution >= 0.6 is 0 Å². The molecule has 2 saturated heterocycles. The maximum Gasteiger partial charge on any atom is 0.336 e. The number of hydrogen-bond acceptors (Lipinski definition) is 5. The lowest BCUT2D eigenvalue weighted by atomic mass is 9.76. The van der Waals surface area contributed by atoms with Gasteiger partial charge in [0.25, 0.3) is 0 Å².